The topological polar surface area (TPSA) is 65.7 Å². The van der Waals surface area contributed by atoms with Crippen LogP contribution in [0.3, 0.4) is 0 Å². The predicted molar refractivity (Wildman–Crippen MR) is 63.1 cm³/mol. The SMILES string of the molecule is CN(Cc1ccncn1)c1ccc(C#N)cn1. The van der Waals surface area contributed by atoms with Crippen molar-refractivity contribution in [2.75, 3.05) is 11.9 Å². The molecule has 5 heteroatoms. The standard InChI is InChI=1S/C12H11N5/c1-17(8-11-4-5-14-9-16-11)12-3-2-10(6-13)7-15-12/h2-5,7,9H,8H2,1H3. The van der Waals surface area contributed by atoms with Gasteiger partial charge in [0.25, 0.3) is 0 Å². The van der Waals surface area contributed by atoms with E-state index in [0.717, 1.165) is 11.5 Å². The molecule has 2 heterocycles. The molecule has 84 valence electrons. The molecule has 2 rings (SSSR count). The second-order valence-electron chi connectivity index (χ2n) is 3.57. The first-order valence-electron chi connectivity index (χ1n) is 5.12. The molecule has 0 aliphatic carbocycles. The summed E-state index contributed by atoms with van der Waals surface area (Å²) in [5.41, 5.74) is 1.48. The summed E-state index contributed by atoms with van der Waals surface area (Å²) in [5.74, 6) is 0.808. The number of pyridine rings is 1. The molecule has 0 aromatic carbocycles. The molecule has 0 saturated heterocycles. The van der Waals surface area contributed by atoms with Crippen molar-refractivity contribution >= 4 is 5.82 Å². The zero-order chi connectivity index (χ0) is 12.1. The van der Waals surface area contributed by atoms with Crippen LogP contribution in [0.15, 0.2) is 36.9 Å². The Morgan fingerprint density at radius 1 is 1.29 bits per heavy atom. The molecule has 5 nitrogen and oxygen atoms in total. The van der Waals surface area contributed by atoms with Crippen LogP contribution < -0.4 is 4.90 Å². The van der Waals surface area contributed by atoms with Crippen LogP contribution in [0.1, 0.15) is 11.3 Å². The van der Waals surface area contributed by atoms with Gasteiger partial charge in [-0.2, -0.15) is 5.26 Å². The van der Waals surface area contributed by atoms with Crippen LogP contribution in [0, 0.1) is 11.3 Å². The summed E-state index contributed by atoms with van der Waals surface area (Å²) >= 11 is 0. The zero-order valence-electron chi connectivity index (χ0n) is 9.41. The lowest BCUT2D eigenvalue weighted by atomic mass is 10.3. The number of hydrogen-bond donors (Lipinski definition) is 0. The Morgan fingerprint density at radius 3 is 2.76 bits per heavy atom. The Hall–Kier alpha value is -2.48. The van der Waals surface area contributed by atoms with Gasteiger partial charge in [-0.25, -0.2) is 15.0 Å². The summed E-state index contributed by atoms with van der Waals surface area (Å²) in [6, 6.07) is 7.47. The van der Waals surface area contributed by atoms with Gasteiger partial charge < -0.3 is 4.90 Å². The van der Waals surface area contributed by atoms with E-state index in [0.29, 0.717) is 12.1 Å². The van der Waals surface area contributed by atoms with Gasteiger partial charge in [0, 0.05) is 19.4 Å². The summed E-state index contributed by atoms with van der Waals surface area (Å²) < 4.78 is 0. The van der Waals surface area contributed by atoms with E-state index in [-0.39, 0.29) is 0 Å². The van der Waals surface area contributed by atoms with Crippen LogP contribution in [-0.2, 0) is 6.54 Å². The van der Waals surface area contributed by atoms with E-state index in [2.05, 4.69) is 15.0 Å². The van der Waals surface area contributed by atoms with E-state index in [9.17, 15) is 0 Å². The van der Waals surface area contributed by atoms with Gasteiger partial charge in [-0.15, -0.1) is 0 Å². The summed E-state index contributed by atoms with van der Waals surface area (Å²) in [5, 5.41) is 8.68. The van der Waals surface area contributed by atoms with Crippen molar-refractivity contribution in [3.05, 3.63) is 48.2 Å². The fraction of sp³-hybridized carbons (Fsp3) is 0.167. The van der Waals surface area contributed by atoms with Gasteiger partial charge in [0.1, 0.15) is 18.2 Å². The maximum Gasteiger partial charge on any atom is 0.128 e. The third kappa shape index (κ3) is 2.75. The van der Waals surface area contributed by atoms with E-state index in [1.807, 2.05) is 30.1 Å². The first-order chi connectivity index (χ1) is 8.29. The molecule has 0 saturated carbocycles. The van der Waals surface area contributed by atoms with Gasteiger partial charge >= 0.3 is 0 Å². The lowest BCUT2D eigenvalue weighted by Gasteiger charge is -2.17. The van der Waals surface area contributed by atoms with Crippen LogP contribution in [0.5, 0.6) is 0 Å². The number of anilines is 1. The summed E-state index contributed by atoms with van der Waals surface area (Å²) in [7, 11) is 1.93. The quantitative estimate of drug-likeness (QED) is 0.789. The highest BCUT2D eigenvalue weighted by Crippen LogP contribution is 2.11. The summed E-state index contributed by atoms with van der Waals surface area (Å²) in [6.45, 7) is 0.654. The molecular weight excluding hydrogens is 214 g/mol. The Morgan fingerprint density at radius 2 is 2.18 bits per heavy atom. The van der Waals surface area contributed by atoms with Gasteiger partial charge in [0.15, 0.2) is 0 Å². The number of nitrogens with zero attached hydrogens (tertiary/aromatic N) is 5. The highest BCUT2D eigenvalue weighted by atomic mass is 15.2. The number of aromatic nitrogens is 3. The van der Waals surface area contributed by atoms with Crippen molar-refractivity contribution in [1.29, 1.82) is 5.26 Å². The minimum Gasteiger partial charge on any atom is -0.354 e. The molecular formula is C12H11N5. The first-order valence-corrected chi connectivity index (χ1v) is 5.12. The fourth-order valence-corrected chi connectivity index (χ4v) is 1.41. The molecule has 0 radical (unpaired) electrons. The molecule has 0 N–H and O–H groups in total. The lowest BCUT2D eigenvalue weighted by molar-refractivity contribution is 0.857. The summed E-state index contributed by atoms with van der Waals surface area (Å²) in [4.78, 5) is 14.2. The second kappa shape index (κ2) is 5.03. The van der Waals surface area contributed by atoms with Crippen LogP contribution in [-0.4, -0.2) is 22.0 Å². The fourth-order valence-electron chi connectivity index (χ4n) is 1.41. The minimum atomic E-state index is 0.559. The van der Waals surface area contributed by atoms with Gasteiger partial charge in [0.2, 0.25) is 0 Å². The van der Waals surface area contributed by atoms with Gasteiger partial charge in [-0.3, -0.25) is 0 Å². The van der Waals surface area contributed by atoms with E-state index >= 15 is 0 Å². The lowest BCUT2D eigenvalue weighted by Crippen LogP contribution is -2.18. The van der Waals surface area contributed by atoms with Crippen molar-refractivity contribution in [2.24, 2.45) is 0 Å². The Balaban J connectivity index is 2.10. The molecule has 0 amide bonds. The largest absolute Gasteiger partial charge is 0.354 e. The molecule has 0 fully saturated rings. The normalized spacial score (nSPS) is 9.65. The molecule has 0 bridgehead atoms. The third-order valence-corrected chi connectivity index (χ3v) is 2.31. The Labute approximate surface area is 99.4 Å². The first kappa shape index (κ1) is 11.0. The van der Waals surface area contributed by atoms with Crippen LogP contribution >= 0.6 is 0 Å². The average molecular weight is 225 g/mol. The number of nitriles is 1. The maximum atomic E-state index is 8.68. The van der Waals surface area contributed by atoms with Crippen molar-refractivity contribution in [3.63, 3.8) is 0 Å². The summed E-state index contributed by atoms with van der Waals surface area (Å²) in [6.07, 6.45) is 4.80. The smallest absolute Gasteiger partial charge is 0.128 e. The van der Waals surface area contributed by atoms with Gasteiger partial charge in [-0.1, -0.05) is 0 Å². The molecule has 0 atom stereocenters. The minimum absolute atomic E-state index is 0.559. The second-order valence-corrected chi connectivity index (χ2v) is 3.57. The molecule has 0 aliphatic heterocycles. The Bertz CT molecular complexity index is 515. The van der Waals surface area contributed by atoms with Crippen molar-refractivity contribution < 1.29 is 0 Å². The van der Waals surface area contributed by atoms with E-state index in [1.165, 1.54) is 6.33 Å². The van der Waals surface area contributed by atoms with Crippen molar-refractivity contribution in [1.82, 2.24) is 15.0 Å². The Kier molecular flexibility index (Phi) is 3.26. The van der Waals surface area contributed by atoms with Gasteiger partial charge in [0.05, 0.1) is 17.8 Å². The van der Waals surface area contributed by atoms with Gasteiger partial charge in [-0.05, 0) is 18.2 Å². The molecule has 0 unspecified atom stereocenters. The maximum absolute atomic E-state index is 8.68. The van der Waals surface area contributed by atoms with Crippen molar-refractivity contribution in [3.8, 4) is 6.07 Å². The zero-order valence-corrected chi connectivity index (χ0v) is 9.41. The predicted octanol–water partition coefficient (Wildman–Crippen LogP) is 1.38. The molecule has 17 heavy (non-hydrogen) atoms. The van der Waals surface area contributed by atoms with E-state index in [4.69, 9.17) is 5.26 Å². The molecule has 2 aromatic heterocycles. The number of hydrogen-bond acceptors (Lipinski definition) is 5. The van der Waals surface area contributed by atoms with Crippen LogP contribution in [0.25, 0.3) is 0 Å². The highest BCUT2D eigenvalue weighted by Gasteiger charge is 2.04. The van der Waals surface area contributed by atoms with E-state index in [1.54, 1.807) is 18.5 Å². The molecule has 0 aliphatic rings. The van der Waals surface area contributed by atoms with Crippen molar-refractivity contribution in [2.45, 2.75) is 6.54 Å². The number of rotatable bonds is 3. The highest BCUT2D eigenvalue weighted by molar-refractivity contribution is 5.41. The van der Waals surface area contributed by atoms with Crippen LogP contribution in [0.2, 0.25) is 0 Å². The van der Waals surface area contributed by atoms with Crippen LogP contribution in [0.4, 0.5) is 5.82 Å². The molecule has 0 spiro atoms. The third-order valence-electron chi connectivity index (χ3n) is 2.31. The van der Waals surface area contributed by atoms with E-state index < -0.39 is 0 Å². The monoisotopic (exact) mass is 225 g/mol. The molecule has 2 aromatic rings. The average Bonchev–Trinajstić information content (AvgIpc) is 2.40.